The first-order chi connectivity index (χ1) is 14.7. The van der Waals surface area contributed by atoms with Crippen LogP contribution in [0.15, 0.2) is 65.3 Å². The minimum atomic E-state index is -4.72. The van der Waals surface area contributed by atoms with Gasteiger partial charge in [-0.05, 0) is 42.5 Å². The molecule has 162 valence electrons. The van der Waals surface area contributed by atoms with E-state index >= 15 is 0 Å². The molecule has 0 bridgehead atoms. The number of hydrogen-bond acceptors (Lipinski definition) is 5. The largest absolute Gasteiger partial charge is 0.467 e. The number of nitrogens with one attached hydrogen (secondary N) is 2. The van der Waals surface area contributed by atoms with Crippen LogP contribution in [0.2, 0.25) is 5.02 Å². The first-order valence-electron chi connectivity index (χ1n) is 8.93. The van der Waals surface area contributed by atoms with Gasteiger partial charge in [0.25, 0.3) is 5.91 Å². The maximum atomic E-state index is 13.1. The molecular formula is C21H16ClF3N2O4. The molecule has 10 heteroatoms. The SMILES string of the molecule is O=C(COC(=O)c1ccccc1NCc1ccco1)Nc1ccc(Cl)cc1C(F)(F)F. The number of furan rings is 1. The van der Waals surface area contributed by atoms with Crippen LogP contribution in [-0.4, -0.2) is 18.5 Å². The van der Waals surface area contributed by atoms with Crippen molar-refractivity contribution in [2.75, 3.05) is 17.2 Å². The van der Waals surface area contributed by atoms with Crippen LogP contribution in [0.25, 0.3) is 0 Å². The van der Waals surface area contributed by atoms with Gasteiger partial charge in [-0.25, -0.2) is 4.79 Å². The maximum Gasteiger partial charge on any atom is 0.418 e. The van der Waals surface area contributed by atoms with Crippen molar-refractivity contribution in [2.24, 2.45) is 0 Å². The van der Waals surface area contributed by atoms with Gasteiger partial charge in [0, 0.05) is 10.7 Å². The van der Waals surface area contributed by atoms with Gasteiger partial charge in [0.1, 0.15) is 5.76 Å². The van der Waals surface area contributed by atoms with Gasteiger partial charge in [0.05, 0.1) is 29.6 Å². The number of carbonyl (C=O) groups excluding carboxylic acids is 2. The zero-order valence-electron chi connectivity index (χ0n) is 15.8. The van der Waals surface area contributed by atoms with Gasteiger partial charge in [-0.2, -0.15) is 13.2 Å². The highest BCUT2D eigenvalue weighted by Crippen LogP contribution is 2.36. The van der Waals surface area contributed by atoms with E-state index in [1.165, 1.54) is 18.4 Å². The molecule has 31 heavy (non-hydrogen) atoms. The normalized spacial score (nSPS) is 11.1. The molecule has 0 fully saturated rings. The van der Waals surface area contributed by atoms with Crippen LogP contribution >= 0.6 is 11.6 Å². The summed E-state index contributed by atoms with van der Waals surface area (Å²) < 4.78 is 49.6. The lowest BCUT2D eigenvalue weighted by molar-refractivity contribution is -0.137. The Kier molecular flexibility index (Phi) is 6.86. The molecule has 1 amide bonds. The summed E-state index contributed by atoms with van der Waals surface area (Å²) in [6.07, 6.45) is -3.20. The van der Waals surface area contributed by atoms with E-state index in [2.05, 4.69) is 10.6 Å². The first kappa shape index (κ1) is 22.2. The summed E-state index contributed by atoms with van der Waals surface area (Å²) in [5, 5.41) is 4.98. The van der Waals surface area contributed by atoms with Crippen molar-refractivity contribution >= 4 is 34.9 Å². The smallest absolute Gasteiger partial charge is 0.418 e. The molecule has 0 aliphatic heterocycles. The van der Waals surface area contributed by atoms with Crippen molar-refractivity contribution < 1.29 is 31.9 Å². The van der Waals surface area contributed by atoms with Gasteiger partial charge in [0.2, 0.25) is 0 Å². The molecule has 2 aromatic carbocycles. The average molecular weight is 453 g/mol. The third-order valence-corrected chi connectivity index (χ3v) is 4.31. The quantitative estimate of drug-likeness (QED) is 0.472. The van der Waals surface area contributed by atoms with E-state index in [1.807, 2.05) is 0 Å². The zero-order chi connectivity index (χ0) is 22.4. The number of amides is 1. The molecule has 0 spiro atoms. The first-order valence-corrected chi connectivity index (χ1v) is 9.31. The number of carbonyl (C=O) groups is 2. The number of benzene rings is 2. The van der Waals surface area contributed by atoms with Gasteiger partial charge < -0.3 is 19.8 Å². The molecule has 0 saturated carbocycles. The van der Waals surface area contributed by atoms with Crippen LogP contribution in [0.4, 0.5) is 24.5 Å². The number of alkyl halides is 3. The number of halogens is 4. The van der Waals surface area contributed by atoms with E-state index in [4.69, 9.17) is 20.8 Å². The second-order valence-corrected chi connectivity index (χ2v) is 6.73. The number of hydrogen-bond donors (Lipinski definition) is 2. The van der Waals surface area contributed by atoms with E-state index < -0.39 is 35.9 Å². The van der Waals surface area contributed by atoms with Crippen LogP contribution in [0.3, 0.4) is 0 Å². The summed E-state index contributed by atoms with van der Waals surface area (Å²) >= 11 is 5.61. The van der Waals surface area contributed by atoms with Gasteiger partial charge in [-0.15, -0.1) is 0 Å². The Balaban J connectivity index is 1.62. The molecule has 1 aromatic heterocycles. The van der Waals surface area contributed by atoms with Crippen LogP contribution in [0.5, 0.6) is 0 Å². The van der Waals surface area contributed by atoms with Gasteiger partial charge in [0.15, 0.2) is 6.61 Å². The summed E-state index contributed by atoms with van der Waals surface area (Å²) in [5.74, 6) is -1.10. The van der Waals surface area contributed by atoms with Crippen molar-refractivity contribution in [3.8, 4) is 0 Å². The number of rotatable bonds is 7. The highest BCUT2D eigenvalue weighted by atomic mass is 35.5. The minimum Gasteiger partial charge on any atom is -0.467 e. The fourth-order valence-corrected chi connectivity index (χ4v) is 2.84. The van der Waals surface area contributed by atoms with Gasteiger partial charge in [-0.3, -0.25) is 4.79 Å². The van der Waals surface area contributed by atoms with Crippen molar-refractivity contribution in [2.45, 2.75) is 12.7 Å². The Bertz CT molecular complexity index is 1070. The molecule has 0 saturated heterocycles. The second kappa shape index (κ2) is 9.57. The minimum absolute atomic E-state index is 0.129. The summed E-state index contributed by atoms with van der Waals surface area (Å²) in [5.41, 5.74) is -0.990. The van der Waals surface area contributed by atoms with Crippen LogP contribution in [0, 0.1) is 0 Å². The van der Waals surface area contributed by atoms with E-state index in [0.29, 0.717) is 24.1 Å². The fraction of sp³-hybridized carbons (Fsp3) is 0.143. The van der Waals surface area contributed by atoms with Crippen molar-refractivity contribution in [3.63, 3.8) is 0 Å². The Hall–Kier alpha value is -3.46. The fourth-order valence-electron chi connectivity index (χ4n) is 2.67. The Morgan fingerprint density at radius 3 is 2.52 bits per heavy atom. The van der Waals surface area contributed by atoms with Crippen molar-refractivity contribution in [1.82, 2.24) is 0 Å². The number of ether oxygens (including phenoxy) is 1. The highest BCUT2D eigenvalue weighted by molar-refractivity contribution is 6.30. The molecule has 0 aliphatic carbocycles. The summed E-state index contributed by atoms with van der Waals surface area (Å²) in [6.45, 7) is -0.458. The molecule has 3 rings (SSSR count). The molecule has 0 atom stereocenters. The number of anilines is 2. The standard InChI is InChI=1S/C21H16ClF3N2O4/c22-13-7-8-18(16(10-13)21(23,24)25)27-19(28)12-31-20(29)15-5-1-2-6-17(15)26-11-14-4-3-9-30-14/h1-10,26H,11-12H2,(H,27,28). The predicted molar refractivity (Wildman–Crippen MR) is 108 cm³/mol. The van der Waals surface area contributed by atoms with Crippen LogP contribution in [0.1, 0.15) is 21.7 Å². The van der Waals surface area contributed by atoms with E-state index in [0.717, 1.165) is 6.07 Å². The lowest BCUT2D eigenvalue weighted by atomic mass is 10.1. The second-order valence-electron chi connectivity index (χ2n) is 6.29. The maximum absolute atomic E-state index is 13.1. The molecule has 6 nitrogen and oxygen atoms in total. The highest BCUT2D eigenvalue weighted by Gasteiger charge is 2.34. The lowest BCUT2D eigenvalue weighted by Crippen LogP contribution is -2.23. The Morgan fingerprint density at radius 1 is 1.03 bits per heavy atom. The molecule has 0 radical (unpaired) electrons. The molecule has 0 unspecified atom stereocenters. The third kappa shape index (κ3) is 6.02. The van der Waals surface area contributed by atoms with E-state index in [1.54, 1.807) is 30.3 Å². The Morgan fingerprint density at radius 2 is 1.81 bits per heavy atom. The summed E-state index contributed by atoms with van der Waals surface area (Å²) in [6, 6.07) is 12.9. The van der Waals surface area contributed by atoms with Crippen molar-refractivity contribution in [3.05, 3.63) is 82.8 Å². The summed E-state index contributed by atoms with van der Waals surface area (Å²) in [4.78, 5) is 24.5. The van der Waals surface area contributed by atoms with Gasteiger partial charge in [-0.1, -0.05) is 23.7 Å². The van der Waals surface area contributed by atoms with E-state index in [9.17, 15) is 22.8 Å². The van der Waals surface area contributed by atoms with Crippen LogP contribution < -0.4 is 10.6 Å². The predicted octanol–water partition coefficient (Wildman–Crippen LogP) is 5.36. The Labute approximate surface area is 180 Å². The third-order valence-electron chi connectivity index (χ3n) is 4.08. The monoisotopic (exact) mass is 452 g/mol. The lowest BCUT2D eigenvalue weighted by Gasteiger charge is -2.14. The summed E-state index contributed by atoms with van der Waals surface area (Å²) in [7, 11) is 0. The molecule has 2 N–H and O–H groups in total. The number of para-hydroxylation sites is 1. The van der Waals surface area contributed by atoms with E-state index in [-0.39, 0.29) is 10.6 Å². The molecule has 3 aromatic rings. The molecule has 1 heterocycles. The van der Waals surface area contributed by atoms with Crippen LogP contribution in [-0.2, 0) is 22.3 Å². The average Bonchev–Trinajstić information content (AvgIpc) is 3.25. The molecular weight excluding hydrogens is 437 g/mol. The molecule has 0 aliphatic rings. The topological polar surface area (TPSA) is 80.6 Å². The zero-order valence-corrected chi connectivity index (χ0v) is 16.6. The van der Waals surface area contributed by atoms with Crippen molar-refractivity contribution in [1.29, 1.82) is 0 Å². The van der Waals surface area contributed by atoms with Gasteiger partial charge >= 0.3 is 12.1 Å². The number of esters is 1.